The van der Waals surface area contributed by atoms with Crippen LogP contribution in [0.5, 0.6) is 0 Å². The van der Waals surface area contributed by atoms with E-state index in [0.29, 0.717) is 43.0 Å². The lowest BCUT2D eigenvalue weighted by molar-refractivity contribution is -0.126. The third-order valence-electron chi connectivity index (χ3n) is 6.72. The Morgan fingerprint density at radius 3 is 2.17 bits per heavy atom. The number of nitrogens with one attached hydrogen (secondary N) is 1. The fourth-order valence-electron chi connectivity index (χ4n) is 4.54. The smallest absolute Gasteiger partial charge is 0.243 e. The lowest BCUT2D eigenvalue weighted by atomic mass is 9.84. The largest absolute Gasteiger partial charge is 0.352 e. The van der Waals surface area contributed by atoms with Gasteiger partial charge in [0.25, 0.3) is 0 Å². The normalized spacial score (nSPS) is 23.6. The van der Waals surface area contributed by atoms with Crippen LogP contribution in [-0.4, -0.2) is 61.8 Å². The summed E-state index contributed by atoms with van der Waals surface area (Å²) < 4.78 is 27.7. The monoisotopic (exact) mass is 419 g/mol. The van der Waals surface area contributed by atoms with E-state index in [9.17, 15) is 13.2 Å². The fourth-order valence-corrected chi connectivity index (χ4v) is 5.97. The van der Waals surface area contributed by atoms with Gasteiger partial charge in [-0.3, -0.25) is 9.69 Å². The van der Waals surface area contributed by atoms with E-state index in [1.54, 1.807) is 16.4 Å². The number of rotatable bonds is 6. The Morgan fingerprint density at radius 2 is 1.59 bits per heavy atom. The molecule has 0 radical (unpaired) electrons. The average Bonchev–Trinajstić information content (AvgIpc) is 3.58. The first-order chi connectivity index (χ1) is 13.9. The lowest BCUT2D eigenvalue weighted by Crippen LogP contribution is -2.55. The van der Waals surface area contributed by atoms with Gasteiger partial charge in [0.15, 0.2) is 0 Å². The summed E-state index contributed by atoms with van der Waals surface area (Å²) in [4.78, 5) is 14.7. The predicted octanol–water partition coefficient (Wildman–Crippen LogP) is 2.71. The highest BCUT2D eigenvalue weighted by molar-refractivity contribution is 7.89. The van der Waals surface area contributed by atoms with Crippen molar-refractivity contribution in [3.8, 4) is 0 Å². The van der Waals surface area contributed by atoms with Gasteiger partial charge in [0.1, 0.15) is 0 Å². The minimum Gasteiger partial charge on any atom is -0.352 e. The molecule has 1 heterocycles. The molecule has 0 bridgehead atoms. The van der Waals surface area contributed by atoms with Crippen LogP contribution in [0.2, 0.25) is 0 Å². The molecular formula is C22H33N3O3S. The first-order valence-corrected chi connectivity index (χ1v) is 12.5. The average molecular weight is 420 g/mol. The molecule has 3 fully saturated rings. The quantitative estimate of drug-likeness (QED) is 0.770. The number of piperazine rings is 1. The molecule has 4 rings (SSSR count). The Hall–Kier alpha value is -1.44. The molecule has 1 aromatic rings. The second-order valence-electron chi connectivity index (χ2n) is 8.80. The van der Waals surface area contributed by atoms with Crippen molar-refractivity contribution in [3.63, 3.8) is 0 Å². The first-order valence-electron chi connectivity index (χ1n) is 11.1. The van der Waals surface area contributed by atoms with Crippen LogP contribution in [0.1, 0.15) is 63.4 Å². The number of hydrogen-bond acceptors (Lipinski definition) is 4. The Labute approximate surface area is 174 Å². The van der Waals surface area contributed by atoms with Gasteiger partial charge in [-0.05, 0) is 56.2 Å². The second kappa shape index (κ2) is 8.74. The zero-order valence-corrected chi connectivity index (χ0v) is 18.2. The van der Waals surface area contributed by atoms with Gasteiger partial charge in [-0.15, -0.1) is 0 Å². The van der Waals surface area contributed by atoms with E-state index in [1.807, 2.05) is 19.1 Å². The molecule has 0 aromatic heterocycles. The lowest BCUT2D eigenvalue weighted by Gasteiger charge is -2.36. The van der Waals surface area contributed by atoms with E-state index in [0.717, 1.165) is 12.8 Å². The summed E-state index contributed by atoms with van der Waals surface area (Å²) in [5.41, 5.74) is 1.27. The van der Waals surface area contributed by atoms with E-state index in [1.165, 1.54) is 37.7 Å². The van der Waals surface area contributed by atoms with Crippen molar-refractivity contribution in [2.75, 3.05) is 26.2 Å². The molecule has 2 saturated carbocycles. The maximum atomic E-state index is 13.1. The highest BCUT2D eigenvalue weighted by Gasteiger charge is 2.33. The molecule has 2 aliphatic carbocycles. The van der Waals surface area contributed by atoms with E-state index in [2.05, 4.69) is 10.2 Å². The molecule has 7 heteroatoms. The Bertz CT molecular complexity index is 806. The summed E-state index contributed by atoms with van der Waals surface area (Å²) >= 11 is 0. The highest BCUT2D eigenvalue weighted by atomic mass is 32.2. The van der Waals surface area contributed by atoms with Crippen molar-refractivity contribution >= 4 is 15.9 Å². The van der Waals surface area contributed by atoms with Crippen molar-refractivity contribution < 1.29 is 13.2 Å². The van der Waals surface area contributed by atoms with Gasteiger partial charge in [-0.1, -0.05) is 31.4 Å². The van der Waals surface area contributed by atoms with Crippen molar-refractivity contribution in [1.29, 1.82) is 0 Å². The third kappa shape index (κ3) is 4.84. The summed E-state index contributed by atoms with van der Waals surface area (Å²) in [7, 11) is -3.48. The van der Waals surface area contributed by atoms with Gasteiger partial charge < -0.3 is 5.32 Å². The number of amides is 1. The molecule has 1 unspecified atom stereocenters. The van der Waals surface area contributed by atoms with E-state index in [-0.39, 0.29) is 11.9 Å². The van der Waals surface area contributed by atoms with Crippen molar-refractivity contribution in [2.24, 2.45) is 0 Å². The van der Waals surface area contributed by atoms with Crippen LogP contribution >= 0.6 is 0 Å². The maximum absolute atomic E-state index is 13.1. The molecule has 29 heavy (non-hydrogen) atoms. The number of hydrogen-bond donors (Lipinski definition) is 1. The fraction of sp³-hybridized carbons (Fsp3) is 0.682. The molecule has 1 atom stereocenters. The summed E-state index contributed by atoms with van der Waals surface area (Å²) in [6, 6.07) is 7.69. The topological polar surface area (TPSA) is 69.7 Å². The third-order valence-corrected chi connectivity index (χ3v) is 8.63. The van der Waals surface area contributed by atoms with Gasteiger partial charge in [0, 0.05) is 32.2 Å². The Balaban J connectivity index is 1.35. The van der Waals surface area contributed by atoms with Gasteiger partial charge in [-0.2, -0.15) is 4.31 Å². The van der Waals surface area contributed by atoms with Crippen LogP contribution in [-0.2, 0) is 14.8 Å². The molecule has 1 N–H and O–H groups in total. The zero-order valence-electron chi connectivity index (χ0n) is 17.3. The zero-order chi connectivity index (χ0) is 20.4. The van der Waals surface area contributed by atoms with Gasteiger partial charge in [0.05, 0.1) is 10.9 Å². The molecule has 0 spiro atoms. The summed E-state index contributed by atoms with van der Waals surface area (Å²) in [6.07, 6.45) is 8.42. The second-order valence-corrected chi connectivity index (χ2v) is 10.7. The number of sulfonamides is 1. The number of benzene rings is 1. The Morgan fingerprint density at radius 1 is 0.966 bits per heavy atom. The van der Waals surface area contributed by atoms with E-state index < -0.39 is 10.0 Å². The predicted molar refractivity (Wildman–Crippen MR) is 113 cm³/mol. The standard InChI is InChI=1S/C22H33N3O3S/c1-17(22(26)23-20-9-10-20)24-13-15-25(16-14-24)29(27,28)21-11-7-19(8-12-21)18-5-3-2-4-6-18/h7-8,11-12,17-18,20H,2-6,9-10,13-16H2,1H3,(H,23,26). The molecule has 1 aliphatic heterocycles. The molecule has 3 aliphatic rings. The molecule has 1 aromatic carbocycles. The van der Waals surface area contributed by atoms with Crippen molar-refractivity contribution in [3.05, 3.63) is 29.8 Å². The van der Waals surface area contributed by atoms with Crippen LogP contribution in [0.3, 0.4) is 0 Å². The van der Waals surface area contributed by atoms with Crippen molar-refractivity contribution in [2.45, 2.75) is 74.8 Å². The SMILES string of the molecule is CC(C(=O)NC1CC1)N1CCN(S(=O)(=O)c2ccc(C3CCCCC3)cc2)CC1. The van der Waals surface area contributed by atoms with Crippen LogP contribution in [0.25, 0.3) is 0 Å². The number of nitrogens with zero attached hydrogens (tertiary/aromatic N) is 2. The Kier molecular flexibility index (Phi) is 6.27. The number of carbonyl (C=O) groups is 1. The molecule has 160 valence electrons. The molecule has 6 nitrogen and oxygen atoms in total. The highest BCUT2D eigenvalue weighted by Crippen LogP contribution is 2.33. The summed E-state index contributed by atoms with van der Waals surface area (Å²) in [6.45, 7) is 3.92. The van der Waals surface area contributed by atoms with E-state index >= 15 is 0 Å². The van der Waals surface area contributed by atoms with Crippen LogP contribution in [0.4, 0.5) is 0 Å². The molecular weight excluding hydrogens is 386 g/mol. The van der Waals surface area contributed by atoms with Gasteiger partial charge >= 0.3 is 0 Å². The first kappa shape index (κ1) is 20.8. The van der Waals surface area contributed by atoms with Gasteiger partial charge in [0.2, 0.25) is 15.9 Å². The van der Waals surface area contributed by atoms with Crippen LogP contribution in [0, 0.1) is 0 Å². The van der Waals surface area contributed by atoms with Crippen LogP contribution < -0.4 is 5.32 Å². The summed E-state index contributed by atoms with van der Waals surface area (Å²) in [5.74, 6) is 0.634. The van der Waals surface area contributed by atoms with Crippen molar-refractivity contribution in [1.82, 2.24) is 14.5 Å². The molecule has 1 saturated heterocycles. The van der Waals surface area contributed by atoms with Crippen LogP contribution in [0.15, 0.2) is 29.2 Å². The number of carbonyl (C=O) groups excluding carboxylic acids is 1. The maximum Gasteiger partial charge on any atom is 0.243 e. The van der Waals surface area contributed by atoms with Gasteiger partial charge in [-0.25, -0.2) is 8.42 Å². The summed E-state index contributed by atoms with van der Waals surface area (Å²) in [5, 5.41) is 3.04. The molecule has 1 amide bonds. The minimum absolute atomic E-state index is 0.0575. The minimum atomic E-state index is -3.48. The van der Waals surface area contributed by atoms with E-state index in [4.69, 9.17) is 0 Å².